The fourth-order valence-corrected chi connectivity index (χ4v) is 3.55. The van der Waals surface area contributed by atoms with Gasteiger partial charge in [-0.2, -0.15) is 0 Å². The van der Waals surface area contributed by atoms with Crippen molar-refractivity contribution in [1.82, 2.24) is 10.3 Å². The Labute approximate surface area is 179 Å². The van der Waals surface area contributed by atoms with Crippen LogP contribution in [0.2, 0.25) is 0 Å². The SMILES string of the molecule is Cc1nc(COc2cccc(/C=C/C(=O)NCC3COc4ccccc4O3)c2)cs1. The number of carbonyl (C=O) groups is 1. The molecule has 2 heterocycles. The van der Waals surface area contributed by atoms with Gasteiger partial charge in [-0.05, 0) is 42.8 Å². The zero-order valence-electron chi connectivity index (χ0n) is 16.5. The van der Waals surface area contributed by atoms with Crippen molar-refractivity contribution in [1.29, 1.82) is 0 Å². The summed E-state index contributed by atoms with van der Waals surface area (Å²) in [7, 11) is 0. The van der Waals surface area contributed by atoms with Crippen molar-refractivity contribution in [3.63, 3.8) is 0 Å². The number of hydrogen-bond acceptors (Lipinski definition) is 6. The number of ether oxygens (including phenoxy) is 3. The van der Waals surface area contributed by atoms with Gasteiger partial charge in [-0.15, -0.1) is 11.3 Å². The quantitative estimate of drug-likeness (QED) is 0.583. The first-order chi connectivity index (χ1) is 14.7. The Balaban J connectivity index is 1.26. The number of fused-ring (bicyclic) bond motifs is 1. The van der Waals surface area contributed by atoms with Gasteiger partial charge in [-0.3, -0.25) is 4.79 Å². The van der Waals surface area contributed by atoms with Crippen molar-refractivity contribution in [2.75, 3.05) is 13.2 Å². The summed E-state index contributed by atoms with van der Waals surface area (Å²) < 4.78 is 17.3. The second kappa shape index (κ2) is 9.45. The van der Waals surface area contributed by atoms with Gasteiger partial charge < -0.3 is 19.5 Å². The molecule has 1 amide bonds. The number of para-hydroxylation sites is 2. The topological polar surface area (TPSA) is 69.7 Å². The maximum atomic E-state index is 12.2. The Hall–Kier alpha value is -3.32. The van der Waals surface area contributed by atoms with E-state index in [0.29, 0.717) is 25.5 Å². The Morgan fingerprint density at radius 3 is 2.97 bits per heavy atom. The van der Waals surface area contributed by atoms with Crippen LogP contribution in [0.1, 0.15) is 16.3 Å². The number of amides is 1. The van der Waals surface area contributed by atoms with Gasteiger partial charge in [-0.25, -0.2) is 4.98 Å². The maximum Gasteiger partial charge on any atom is 0.244 e. The van der Waals surface area contributed by atoms with Crippen LogP contribution in [-0.4, -0.2) is 30.1 Å². The Kier molecular flexibility index (Phi) is 6.29. The first kappa shape index (κ1) is 20.0. The zero-order valence-corrected chi connectivity index (χ0v) is 17.4. The lowest BCUT2D eigenvalue weighted by atomic mass is 10.2. The molecule has 3 aromatic rings. The number of thiazole rings is 1. The highest BCUT2D eigenvalue weighted by Crippen LogP contribution is 2.30. The number of rotatable bonds is 7. The van der Waals surface area contributed by atoms with Crippen molar-refractivity contribution in [2.24, 2.45) is 0 Å². The van der Waals surface area contributed by atoms with E-state index < -0.39 is 0 Å². The largest absolute Gasteiger partial charge is 0.487 e. The monoisotopic (exact) mass is 422 g/mol. The number of hydrogen-bond donors (Lipinski definition) is 1. The molecule has 6 nitrogen and oxygen atoms in total. The van der Waals surface area contributed by atoms with E-state index in [1.165, 1.54) is 6.08 Å². The fourth-order valence-electron chi connectivity index (χ4n) is 2.95. The summed E-state index contributed by atoms with van der Waals surface area (Å²) in [5.41, 5.74) is 1.79. The van der Waals surface area contributed by atoms with Crippen LogP contribution in [0.4, 0.5) is 0 Å². The molecule has 30 heavy (non-hydrogen) atoms. The van der Waals surface area contributed by atoms with E-state index >= 15 is 0 Å². The average molecular weight is 423 g/mol. The van der Waals surface area contributed by atoms with Crippen LogP contribution in [-0.2, 0) is 11.4 Å². The Morgan fingerprint density at radius 2 is 2.13 bits per heavy atom. The van der Waals surface area contributed by atoms with Gasteiger partial charge in [0.15, 0.2) is 11.5 Å². The summed E-state index contributed by atoms with van der Waals surface area (Å²) in [6.07, 6.45) is 3.03. The number of aryl methyl sites for hydroxylation is 1. The molecule has 0 fully saturated rings. The standard InChI is InChI=1S/C23H22N2O4S/c1-16-25-18(15-30-16)13-27-19-6-4-5-17(11-19)9-10-23(26)24-12-20-14-28-21-7-2-3-8-22(21)29-20/h2-11,15,20H,12-14H2,1H3,(H,24,26)/b10-9+. The molecule has 154 valence electrons. The summed E-state index contributed by atoms with van der Waals surface area (Å²) >= 11 is 1.60. The van der Waals surface area contributed by atoms with Crippen molar-refractivity contribution in [3.05, 3.63) is 76.3 Å². The molecule has 0 saturated carbocycles. The van der Waals surface area contributed by atoms with Gasteiger partial charge in [0.05, 0.1) is 17.2 Å². The van der Waals surface area contributed by atoms with E-state index in [1.807, 2.05) is 60.8 Å². The average Bonchev–Trinajstić information content (AvgIpc) is 3.20. The highest BCUT2D eigenvalue weighted by Gasteiger charge is 2.20. The first-order valence-corrected chi connectivity index (χ1v) is 10.5. The maximum absolute atomic E-state index is 12.2. The molecule has 1 atom stereocenters. The molecular formula is C23H22N2O4S. The van der Waals surface area contributed by atoms with Gasteiger partial charge in [0.1, 0.15) is 25.1 Å². The third-order valence-corrected chi connectivity index (χ3v) is 5.23. The predicted molar refractivity (Wildman–Crippen MR) is 116 cm³/mol. The summed E-state index contributed by atoms with van der Waals surface area (Å²) in [6.45, 7) is 3.16. The highest BCUT2D eigenvalue weighted by molar-refractivity contribution is 7.09. The van der Waals surface area contributed by atoms with Crippen LogP contribution in [0.25, 0.3) is 6.08 Å². The van der Waals surface area contributed by atoms with Gasteiger partial charge in [0.2, 0.25) is 5.91 Å². The van der Waals surface area contributed by atoms with Crippen LogP contribution in [0.15, 0.2) is 60.0 Å². The van der Waals surface area contributed by atoms with E-state index in [2.05, 4.69) is 10.3 Å². The van der Waals surface area contributed by atoms with Crippen molar-refractivity contribution in [3.8, 4) is 17.2 Å². The van der Waals surface area contributed by atoms with Crippen molar-refractivity contribution >= 4 is 23.3 Å². The van der Waals surface area contributed by atoms with Gasteiger partial charge in [0.25, 0.3) is 0 Å². The minimum absolute atomic E-state index is 0.193. The number of benzene rings is 2. The zero-order chi connectivity index (χ0) is 20.8. The first-order valence-electron chi connectivity index (χ1n) is 9.64. The molecule has 7 heteroatoms. The minimum Gasteiger partial charge on any atom is -0.487 e. The van der Waals surface area contributed by atoms with Crippen LogP contribution in [0.3, 0.4) is 0 Å². The Morgan fingerprint density at radius 1 is 1.27 bits per heavy atom. The molecule has 0 aliphatic carbocycles. The van der Waals surface area contributed by atoms with Crippen LogP contribution < -0.4 is 19.5 Å². The molecule has 1 aromatic heterocycles. The summed E-state index contributed by atoms with van der Waals surface area (Å²) in [6, 6.07) is 15.1. The lowest BCUT2D eigenvalue weighted by Crippen LogP contribution is -2.40. The minimum atomic E-state index is -0.219. The molecule has 1 N–H and O–H groups in total. The molecule has 4 rings (SSSR count). The molecule has 0 radical (unpaired) electrons. The molecule has 0 spiro atoms. The highest BCUT2D eigenvalue weighted by atomic mass is 32.1. The third-order valence-electron chi connectivity index (χ3n) is 4.41. The van der Waals surface area contributed by atoms with Crippen LogP contribution in [0, 0.1) is 6.92 Å². The number of carbonyl (C=O) groups excluding carboxylic acids is 1. The van der Waals surface area contributed by atoms with Crippen LogP contribution in [0.5, 0.6) is 17.2 Å². The van der Waals surface area contributed by atoms with Gasteiger partial charge in [0, 0.05) is 11.5 Å². The molecule has 1 aliphatic heterocycles. The summed E-state index contributed by atoms with van der Waals surface area (Å²) in [5, 5.41) is 5.86. The molecule has 1 aliphatic rings. The van der Waals surface area contributed by atoms with Crippen molar-refractivity contribution < 1.29 is 19.0 Å². The van der Waals surface area contributed by atoms with Gasteiger partial charge in [-0.1, -0.05) is 24.3 Å². The Bertz CT molecular complexity index is 1050. The van der Waals surface area contributed by atoms with E-state index in [-0.39, 0.29) is 12.0 Å². The fraction of sp³-hybridized carbons (Fsp3) is 0.217. The van der Waals surface area contributed by atoms with Crippen molar-refractivity contribution in [2.45, 2.75) is 19.6 Å². The number of nitrogens with zero attached hydrogens (tertiary/aromatic N) is 1. The molecule has 0 bridgehead atoms. The van der Waals surface area contributed by atoms with Crippen LogP contribution >= 0.6 is 11.3 Å². The summed E-state index contributed by atoms with van der Waals surface area (Å²) in [5.74, 6) is 1.96. The van der Waals surface area contributed by atoms with E-state index in [1.54, 1.807) is 17.4 Å². The molecular weight excluding hydrogens is 400 g/mol. The third kappa shape index (κ3) is 5.39. The van der Waals surface area contributed by atoms with Gasteiger partial charge >= 0.3 is 0 Å². The second-order valence-electron chi connectivity index (χ2n) is 6.80. The smallest absolute Gasteiger partial charge is 0.244 e. The predicted octanol–water partition coefficient (Wildman–Crippen LogP) is 4.00. The second-order valence-corrected chi connectivity index (χ2v) is 7.86. The lowest BCUT2D eigenvalue weighted by molar-refractivity contribution is -0.116. The normalized spacial score (nSPS) is 15.2. The molecule has 2 aromatic carbocycles. The van der Waals surface area contributed by atoms with E-state index in [4.69, 9.17) is 14.2 Å². The number of nitrogens with one attached hydrogen (secondary N) is 1. The number of aromatic nitrogens is 1. The van der Waals surface area contributed by atoms with E-state index in [9.17, 15) is 4.79 Å². The van der Waals surface area contributed by atoms with E-state index in [0.717, 1.165) is 27.8 Å². The lowest BCUT2D eigenvalue weighted by Gasteiger charge is -2.26. The summed E-state index contributed by atoms with van der Waals surface area (Å²) in [4.78, 5) is 16.6. The molecule has 1 unspecified atom stereocenters. The molecule has 0 saturated heterocycles.